The number of likely N-dealkylation sites (tertiary alicyclic amines) is 1. The van der Waals surface area contributed by atoms with Gasteiger partial charge in [0.15, 0.2) is 5.65 Å². The number of hydrogen-bond donors (Lipinski definition) is 1. The van der Waals surface area contributed by atoms with E-state index in [9.17, 15) is 32.0 Å². The van der Waals surface area contributed by atoms with Crippen LogP contribution >= 0.6 is 0 Å². The van der Waals surface area contributed by atoms with Crippen molar-refractivity contribution in [2.45, 2.75) is 37.5 Å². The highest BCUT2D eigenvalue weighted by Crippen LogP contribution is 2.35. The first-order valence-corrected chi connectivity index (χ1v) is 13.4. The van der Waals surface area contributed by atoms with Crippen LogP contribution in [0.1, 0.15) is 41.7 Å². The summed E-state index contributed by atoms with van der Waals surface area (Å²) in [6, 6.07) is 11.7. The van der Waals surface area contributed by atoms with E-state index in [0.717, 1.165) is 18.3 Å². The molecule has 0 aliphatic carbocycles. The van der Waals surface area contributed by atoms with Gasteiger partial charge in [0, 0.05) is 30.4 Å². The second-order valence-corrected chi connectivity index (χ2v) is 10.3. The number of carbonyl (C=O) groups is 1. The van der Waals surface area contributed by atoms with Gasteiger partial charge in [0.05, 0.1) is 53.6 Å². The predicted molar refractivity (Wildman–Crippen MR) is 146 cm³/mol. The lowest BCUT2D eigenvalue weighted by molar-refractivity contribution is -0.137. The Bertz CT molecular complexity index is 1840. The molecular formula is C28H23F5N10O. The number of nitriles is 1. The lowest BCUT2D eigenvalue weighted by Gasteiger charge is -2.40. The maximum Gasteiger partial charge on any atom is 0.416 e. The number of carbonyl (C=O) groups excluding carboxylic acids is 1. The second-order valence-electron chi connectivity index (χ2n) is 10.3. The maximum atomic E-state index is 13.0. The molecule has 0 atom stereocenters. The largest absolute Gasteiger partial charge is 0.416 e. The number of amides is 1. The van der Waals surface area contributed by atoms with Crippen LogP contribution in [0.4, 0.5) is 33.6 Å². The number of hydrogen-bond acceptors (Lipinski definition) is 7. The molecule has 11 nitrogen and oxygen atoms in total. The zero-order chi connectivity index (χ0) is 31.1. The minimum absolute atomic E-state index is 0.129. The van der Waals surface area contributed by atoms with Gasteiger partial charge in [-0.1, -0.05) is 6.07 Å². The van der Waals surface area contributed by atoms with Gasteiger partial charge in [-0.2, -0.15) is 42.4 Å². The summed E-state index contributed by atoms with van der Waals surface area (Å²) in [7, 11) is 0. The second kappa shape index (κ2) is 11.1. The van der Waals surface area contributed by atoms with Crippen LogP contribution in [0.5, 0.6) is 0 Å². The van der Waals surface area contributed by atoms with E-state index in [-0.39, 0.29) is 42.6 Å². The van der Waals surface area contributed by atoms with Crippen LogP contribution < -0.4 is 5.32 Å². The highest BCUT2D eigenvalue weighted by atomic mass is 19.4. The molecule has 1 aliphatic heterocycles. The third-order valence-corrected chi connectivity index (χ3v) is 7.63. The molecule has 4 aromatic heterocycles. The Labute approximate surface area is 246 Å². The van der Waals surface area contributed by atoms with Crippen molar-refractivity contribution in [2.75, 3.05) is 18.4 Å². The van der Waals surface area contributed by atoms with Crippen molar-refractivity contribution in [2.24, 2.45) is 0 Å². The molecule has 16 heteroatoms. The molecule has 1 saturated heterocycles. The zero-order valence-corrected chi connectivity index (χ0v) is 22.8. The van der Waals surface area contributed by atoms with E-state index < -0.39 is 23.8 Å². The molecule has 6 rings (SSSR count). The number of piperidine rings is 1. The van der Waals surface area contributed by atoms with Gasteiger partial charge in [0.25, 0.3) is 5.91 Å². The third-order valence-electron chi connectivity index (χ3n) is 7.63. The minimum atomic E-state index is -4.49. The lowest BCUT2D eigenvalue weighted by atomic mass is 9.84. The average Bonchev–Trinajstić information content (AvgIpc) is 3.77. The Morgan fingerprint density at radius 3 is 2.45 bits per heavy atom. The first-order chi connectivity index (χ1) is 21.1. The predicted octanol–water partition coefficient (Wildman–Crippen LogP) is 5.49. The number of nitrogens with zero attached hydrogens (tertiary/aromatic N) is 9. The van der Waals surface area contributed by atoms with Gasteiger partial charge in [-0.15, -0.1) is 5.10 Å². The van der Waals surface area contributed by atoms with Crippen LogP contribution in [0.3, 0.4) is 0 Å². The number of benzene rings is 1. The highest BCUT2D eigenvalue weighted by Gasteiger charge is 2.39. The Hall–Kier alpha value is -5.33. The number of anilines is 2. The van der Waals surface area contributed by atoms with E-state index in [1.165, 1.54) is 18.3 Å². The molecule has 0 saturated carbocycles. The van der Waals surface area contributed by atoms with E-state index in [2.05, 4.69) is 31.7 Å². The summed E-state index contributed by atoms with van der Waals surface area (Å²) in [5.74, 6) is -0.209. The molecule has 0 bridgehead atoms. The fraction of sp³-hybridized carbons (Fsp3) is 0.286. The number of halogens is 5. The van der Waals surface area contributed by atoms with Crippen LogP contribution in [0, 0.1) is 11.3 Å². The minimum Gasteiger partial charge on any atom is -0.338 e. The molecule has 5 aromatic rings. The molecule has 1 aliphatic rings. The number of alkyl halides is 5. The number of rotatable bonds is 7. The van der Waals surface area contributed by atoms with Gasteiger partial charge in [0.1, 0.15) is 0 Å². The molecule has 1 amide bonds. The van der Waals surface area contributed by atoms with Crippen molar-refractivity contribution >= 4 is 23.2 Å². The van der Waals surface area contributed by atoms with Crippen LogP contribution in [0.2, 0.25) is 0 Å². The molecule has 1 fully saturated rings. The molecule has 5 heterocycles. The number of nitrogens with one attached hydrogen (secondary N) is 1. The average molecular weight is 611 g/mol. The summed E-state index contributed by atoms with van der Waals surface area (Å²) in [5, 5.41) is 25.2. The van der Waals surface area contributed by atoms with Crippen molar-refractivity contribution in [3.8, 4) is 17.3 Å². The molecule has 1 N–H and O–H groups in total. The van der Waals surface area contributed by atoms with Crippen molar-refractivity contribution in [1.82, 2.24) is 39.1 Å². The van der Waals surface area contributed by atoms with Crippen LogP contribution in [0.15, 0.2) is 67.3 Å². The standard InChI is InChI=1S/C28H23F5N10O/c29-25(30)41-17-21(15-35-41)37-26-38-23-3-1-2-22(43(23)39-26)19-14-36-42(16-19)27(8-11-34)9-12-40(13-10-27)24(44)18-4-6-20(7-5-18)28(31,32)33/h1-7,14-17,25H,8-10,12-13H2,(H,37,39). The number of aromatic nitrogens is 7. The van der Waals surface area contributed by atoms with Gasteiger partial charge in [0.2, 0.25) is 5.95 Å². The molecule has 0 spiro atoms. The van der Waals surface area contributed by atoms with Crippen molar-refractivity contribution in [3.63, 3.8) is 0 Å². The molecule has 1 aromatic carbocycles. The zero-order valence-electron chi connectivity index (χ0n) is 22.8. The Balaban J connectivity index is 1.20. The quantitative estimate of drug-likeness (QED) is 0.242. The highest BCUT2D eigenvalue weighted by molar-refractivity contribution is 5.94. The summed E-state index contributed by atoms with van der Waals surface area (Å²) in [4.78, 5) is 19.0. The van der Waals surface area contributed by atoms with E-state index in [1.54, 1.807) is 38.6 Å². The summed E-state index contributed by atoms with van der Waals surface area (Å²) in [5.41, 5.74) is 0.712. The maximum absolute atomic E-state index is 13.0. The smallest absolute Gasteiger partial charge is 0.338 e. The van der Waals surface area contributed by atoms with E-state index >= 15 is 0 Å². The van der Waals surface area contributed by atoms with Crippen LogP contribution in [-0.2, 0) is 11.7 Å². The summed E-state index contributed by atoms with van der Waals surface area (Å²) in [6.07, 6.45) is 2.25. The SMILES string of the molecule is N#CCC1(n2cc(-c3cccc4nc(Nc5cnn(C(F)F)c5)nn34)cn2)CCN(C(=O)c2ccc(C(F)(F)F)cc2)CC1. The molecule has 0 unspecified atom stereocenters. The monoisotopic (exact) mass is 610 g/mol. The molecule has 226 valence electrons. The van der Waals surface area contributed by atoms with Gasteiger partial charge in [-0.05, 0) is 49.2 Å². The van der Waals surface area contributed by atoms with Gasteiger partial charge in [-0.25, -0.2) is 9.20 Å². The first-order valence-electron chi connectivity index (χ1n) is 13.4. The van der Waals surface area contributed by atoms with Gasteiger partial charge < -0.3 is 10.2 Å². The van der Waals surface area contributed by atoms with Crippen LogP contribution in [-0.4, -0.2) is 58.1 Å². The molecule has 44 heavy (non-hydrogen) atoms. The topological polar surface area (TPSA) is 122 Å². The van der Waals surface area contributed by atoms with E-state index in [1.807, 2.05) is 6.07 Å². The van der Waals surface area contributed by atoms with Crippen molar-refractivity contribution in [3.05, 3.63) is 78.4 Å². The summed E-state index contributed by atoms with van der Waals surface area (Å²) >= 11 is 0. The Kier molecular flexibility index (Phi) is 7.23. The number of fused-ring (bicyclic) bond motifs is 1. The lowest BCUT2D eigenvalue weighted by Crippen LogP contribution is -2.48. The van der Waals surface area contributed by atoms with Crippen molar-refractivity contribution in [1.29, 1.82) is 5.26 Å². The normalized spacial score (nSPS) is 15.1. The third kappa shape index (κ3) is 5.43. The van der Waals surface area contributed by atoms with E-state index in [4.69, 9.17) is 0 Å². The Morgan fingerprint density at radius 2 is 1.80 bits per heavy atom. The molecule has 0 radical (unpaired) electrons. The van der Waals surface area contributed by atoms with Crippen molar-refractivity contribution < 1.29 is 26.7 Å². The summed E-state index contributed by atoms with van der Waals surface area (Å²) in [6.45, 7) is -2.21. The fourth-order valence-electron chi connectivity index (χ4n) is 5.27. The first kappa shape index (κ1) is 28.8. The fourth-order valence-corrected chi connectivity index (χ4v) is 5.27. The number of pyridine rings is 1. The van der Waals surface area contributed by atoms with Gasteiger partial charge in [-0.3, -0.25) is 9.48 Å². The van der Waals surface area contributed by atoms with Gasteiger partial charge >= 0.3 is 12.7 Å². The van der Waals surface area contributed by atoms with Crippen LogP contribution in [0.25, 0.3) is 16.9 Å². The van der Waals surface area contributed by atoms with E-state index in [0.29, 0.717) is 34.4 Å². The molecular weight excluding hydrogens is 587 g/mol. The Morgan fingerprint density at radius 1 is 1.05 bits per heavy atom. The summed E-state index contributed by atoms with van der Waals surface area (Å²) < 4.78 is 68.3.